The molecule has 0 saturated heterocycles. The molecular weight excluding hydrogens is 188 g/mol. The van der Waals surface area contributed by atoms with Crippen LogP contribution in [0.4, 0.5) is 0 Å². The molecule has 2 aliphatic rings. The molecule has 2 aliphatic carbocycles. The zero-order chi connectivity index (χ0) is 10.6. The van der Waals surface area contributed by atoms with Gasteiger partial charge in [0.25, 0.3) is 5.56 Å². The van der Waals surface area contributed by atoms with E-state index in [9.17, 15) is 4.79 Å². The van der Waals surface area contributed by atoms with Crippen LogP contribution < -0.4 is 5.56 Å². The molecule has 0 amide bonds. The average Bonchev–Trinajstić information content (AvgIpc) is 2.77. The van der Waals surface area contributed by atoms with E-state index in [1.54, 1.807) is 0 Å². The first kappa shape index (κ1) is 9.13. The minimum Gasteiger partial charge on any atom is -0.310 e. The normalized spacial score (nSPS) is 27.4. The van der Waals surface area contributed by atoms with Crippen molar-refractivity contribution in [3.05, 3.63) is 27.4 Å². The van der Waals surface area contributed by atoms with Crippen molar-refractivity contribution < 1.29 is 0 Å². The van der Waals surface area contributed by atoms with E-state index in [0.717, 1.165) is 23.5 Å². The summed E-state index contributed by atoms with van der Waals surface area (Å²) in [6.45, 7) is 4.13. The summed E-state index contributed by atoms with van der Waals surface area (Å²) in [4.78, 5) is 19.5. The Morgan fingerprint density at radius 2 is 2.07 bits per heavy atom. The molecule has 1 saturated carbocycles. The third-order valence-electron chi connectivity index (χ3n) is 3.78. The second-order valence-electron chi connectivity index (χ2n) is 5.11. The van der Waals surface area contributed by atoms with Crippen molar-refractivity contribution in [2.45, 2.75) is 50.9 Å². The maximum absolute atomic E-state index is 11.9. The van der Waals surface area contributed by atoms with Crippen molar-refractivity contribution in [1.82, 2.24) is 9.97 Å². The van der Waals surface area contributed by atoms with Crippen LogP contribution in [-0.4, -0.2) is 9.97 Å². The minimum absolute atomic E-state index is 0.121. The Bertz CT molecular complexity index is 461. The van der Waals surface area contributed by atoms with Gasteiger partial charge in [-0.3, -0.25) is 4.79 Å². The molecule has 3 heteroatoms. The van der Waals surface area contributed by atoms with E-state index in [2.05, 4.69) is 23.8 Å². The van der Waals surface area contributed by atoms with Gasteiger partial charge in [0, 0.05) is 17.4 Å². The monoisotopic (exact) mass is 204 g/mol. The maximum Gasteiger partial charge on any atom is 0.254 e. The van der Waals surface area contributed by atoms with E-state index < -0.39 is 0 Å². The fraction of sp³-hybridized carbons (Fsp3) is 0.667. The third kappa shape index (κ3) is 1.18. The Morgan fingerprint density at radius 1 is 1.33 bits per heavy atom. The SMILES string of the molecule is CC(C)c1nc2c(c(=O)[nH]1)C1CCC2C1. The lowest BCUT2D eigenvalue weighted by atomic mass is 9.97. The molecule has 0 radical (unpaired) electrons. The van der Waals surface area contributed by atoms with Gasteiger partial charge in [0.1, 0.15) is 5.82 Å². The summed E-state index contributed by atoms with van der Waals surface area (Å²) in [5, 5.41) is 0. The van der Waals surface area contributed by atoms with E-state index in [0.29, 0.717) is 17.8 Å². The highest BCUT2D eigenvalue weighted by Gasteiger charge is 2.40. The van der Waals surface area contributed by atoms with Crippen LogP contribution in [-0.2, 0) is 0 Å². The molecule has 0 spiro atoms. The number of hydrogen-bond acceptors (Lipinski definition) is 2. The quantitative estimate of drug-likeness (QED) is 0.762. The largest absolute Gasteiger partial charge is 0.310 e. The lowest BCUT2D eigenvalue weighted by Gasteiger charge is -2.15. The van der Waals surface area contributed by atoms with Crippen molar-refractivity contribution in [2.24, 2.45) is 0 Å². The van der Waals surface area contributed by atoms with Crippen molar-refractivity contribution in [3.8, 4) is 0 Å². The highest BCUT2D eigenvalue weighted by Crippen LogP contribution is 2.50. The van der Waals surface area contributed by atoms with Gasteiger partial charge in [0.2, 0.25) is 0 Å². The van der Waals surface area contributed by atoms with Gasteiger partial charge in [-0.2, -0.15) is 0 Å². The van der Waals surface area contributed by atoms with Crippen LogP contribution in [0.3, 0.4) is 0 Å². The molecular formula is C12H16N2O. The van der Waals surface area contributed by atoms with Crippen LogP contribution in [0.2, 0.25) is 0 Å². The van der Waals surface area contributed by atoms with Crippen LogP contribution in [0.5, 0.6) is 0 Å². The zero-order valence-electron chi connectivity index (χ0n) is 9.21. The topological polar surface area (TPSA) is 45.8 Å². The Morgan fingerprint density at radius 3 is 2.80 bits per heavy atom. The number of hydrogen-bond donors (Lipinski definition) is 1. The van der Waals surface area contributed by atoms with E-state index >= 15 is 0 Å². The number of rotatable bonds is 1. The molecule has 15 heavy (non-hydrogen) atoms. The number of fused-ring (bicyclic) bond motifs is 5. The van der Waals surface area contributed by atoms with E-state index in [1.807, 2.05) is 0 Å². The summed E-state index contributed by atoms with van der Waals surface area (Å²) in [7, 11) is 0. The zero-order valence-corrected chi connectivity index (χ0v) is 9.21. The van der Waals surface area contributed by atoms with Gasteiger partial charge in [-0.15, -0.1) is 0 Å². The maximum atomic E-state index is 11.9. The molecule has 1 N–H and O–H groups in total. The second-order valence-corrected chi connectivity index (χ2v) is 5.11. The summed E-state index contributed by atoms with van der Waals surface area (Å²) in [5.74, 6) is 2.24. The summed E-state index contributed by atoms with van der Waals surface area (Å²) in [6.07, 6.45) is 3.57. The molecule has 0 aromatic carbocycles. The molecule has 2 atom stereocenters. The summed E-state index contributed by atoms with van der Waals surface area (Å²) in [5.41, 5.74) is 2.23. The molecule has 3 rings (SSSR count). The predicted octanol–water partition coefficient (Wildman–Crippen LogP) is 2.26. The van der Waals surface area contributed by atoms with Crippen molar-refractivity contribution in [2.75, 3.05) is 0 Å². The van der Waals surface area contributed by atoms with Crippen LogP contribution in [0.1, 0.15) is 67.9 Å². The number of nitrogens with one attached hydrogen (secondary N) is 1. The molecule has 1 heterocycles. The van der Waals surface area contributed by atoms with Gasteiger partial charge in [-0.05, 0) is 25.2 Å². The molecule has 1 aromatic rings. The summed E-state index contributed by atoms with van der Waals surface area (Å²) < 4.78 is 0. The molecule has 0 aliphatic heterocycles. The Balaban J connectivity index is 2.20. The highest BCUT2D eigenvalue weighted by atomic mass is 16.1. The Labute approximate surface area is 88.9 Å². The lowest BCUT2D eigenvalue weighted by Crippen LogP contribution is -2.21. The van der Waals surface area contributed by atoms with Gasteiger partial charge < -0.3 is 4.98 Å². The first-order valence-electron chi connectivity index (χ1n) is 5.81. The number of aromatic nitrogens is 2. The number of aromatic amines is 1. The molecule has 2 unspecified atom stereocenters. The molecule has 2 bridgehead atoms. The van der Waals surface area contributed by atoms with Crippen LogP contribution in [0.25, 0.3) is 0 Å². The second kappa shape index (κ2) is 2.94. The summed E-state index contributed by atoms with van der Waals surface area (Å²) in [6, 6.07) is 0. The Kier molecular flexibility index (Phi) is 1.79. The van der Waals surface area contributed by atoms with Gasteiger partial charge >= 0.3 is 0 Å². The smallest absolute Gasteiger partial charge is 0.254 e. The van der Waals surface area contributed by atoms with Gasteiger partial charge in [-0.1, -0.05) is 13.8 Å². The fourth-order valence-corrected chi connectivity index (χ4v) is 2.99. The fourth-order valence-electron chi connectivity index (χ4n) is 2.99. The van der Waals surface area contributed by atoms with Gasteiger partial charge in [-0.25, -0.2) is 4.98 Å². The van der Waals surface area contributed by atoms with E-state index in [-0.39, 0.29) is 5.56 Å². The first-order chi connectivity index (χ1) is 7.16. The minimum atomic E-state index is 0.121. The van der Waals surface area contributed by atoms with E-state index in [1.165, 1.54) is 12.8 Å². The van der Waals surface area contributed by atoms with Gasteiger partial charge in [0.05, 0.1) is 5.69 Å². The third-order valence-corrected chi connectivity index (χ3v) is 3.78. The van der Waals surface area contributed by atoms with Crippen molar-refractivity contribution >= 4 is 0 Å². The van der Waals surface area contributed by atoms with E-state index in [4.69, 9.17) is 0 Å². The lowest BCUT2D eigenvalue weighted by molar-refractivity contribution is 0.658. The molecule has 80 valence electrons. The van der Waals surface area contributed by atoms with Gasteiger partial charge in [0.15, 0.2) is 0 Å². The van der Waals surface area contributed by atoms with Crippen molar-refractivity contribution in [1.29, 1.82) is 0 Å². The number of nitrogens with zero attached hydrogens (tertiary/aromatic N) is 1. The van der Waals surface area contributed by atoms with Crippen molar-refractivity contribution in [3.63, 3.8) is 0 Å². The summed E-state index contributed by atoms with van der Waals surface area (Å²) >= 11 is 0. The van der Waals surface area contributed by atoms with Crippen LogP contribution in [0.15, 0.2) is 4.79 Å². The first-order valence-corrected chi connectivity index (χ1v) is 5.81. The van der Waals surface area contributed by atoms with Crippen LogP contribution >= 0.6 is 0 Å². The van der Waals surface area contributed by atoms with Crippen LogP contribution in [0, 0.1) is 0 Å². The average molecular weight is 204 g/mol. The standard InChI is InChI=1S/C12H16N2O/c1-6(2)11-13-10-8-4-3-7(5-8)9(10)12(15)14-11/h6-8H,3-5H2,1-2H3,(H,13,14,15). The predicted molar refractivity (Wildman–Crippen MR) is 58.3 cm³/mol. The molecule has 1 fully saturated rings. The highest BCUT2D eigenvalue weighted by molar-refractivity contribution is 5.35. The Hall–Kier alpha value is -1.12. The molecule has 1 aromatic heterocycles. The number of H-pyrrole nitrogens is 1. The molecule has 3 nitrogen and oxygen atoms in total.